The third kappa shape index (κ3) is 2.33. The SMILES string of the molecule is FC(F)(F)c1[c]ncc(C(F)(F)F)n1. The lowest BCUT2D eigenvalue weighted by Crippen LogP contribution is -2.15. The monoisotopic (exact) mass is 215 g/mol. The van der Waals surface area contributed by atoms with Crippen LogP contribution in [-0.2, 0) is 12.4 Å². The molecule has 0 atom stereocenters. The molecule has 0 aliphatic carbocycles. The van der Waals surface area contributed by atoms with Crippen LogP contribution < -0.4 is 0 Å². The molecule has 14 heavy (non-hydrogen) atoms. The molecule has 0 bridgehead atoms. The first-order valence-corrected chi connectivity index (χ1v) is 3.10. The highest BCUT2D eigenvalue weighted by atomic mass is 19.4. The quantitative estimate of drug-likeness (QED) is 0.620. The van der Waals surface area contributed by atoms with Crippen LogP contribution in [-0.4, -0.2) is 9.97 Å². The summed E-state index contributed by atoms with van der Waals surface area (Å²) < 4.78 is 71.2. The average molecular weight is 215 g/mol. The van der Waals surface area contributed by atoms with Crippen LogP contribution in [0.3, 0.4) is 0 Å². The molecule has 8 heteroatoms. The first-order chi connectivity index (χ1) is 6.21. The number of halogens is 6. The largest absolute Gasteiger partial charge is 0.435 e. The van der Waals surface area contributed by atoms with E-state index in [0.29, 0.717) is 0 Å². The standard InChI is InChI=1S/C6HF6N2/c7-5(8,9)3-1-13-2-4(14-3)6(10,11)12/h1H. The minimum absolute atomic E-state index is 0.176. The van der Waals surface area contributed by atoms with Crippen LogP contribution in [0.25, 0.3) is 0 Å². The van der Waals surface area contributed by atoms with E-state index in [4.69, 9.17) is 0 Å². The van der Waals surface area contributed by atoms with E-state index < -0.39 is 23.7 Å². The molecule has 0 saturated heterocycles. The lowest BCUT2D eigenvalue weighted by atomic mass is 10.4. The van der Waals surface area contributed by atoms with Gasteiger partial charge in [0.1, 0.15) is 6.20 Å². The van der Waals surface area contributed by atoms with Gasteiger partial charge in [-0.2, -0.15) is 26.3 Å². The summed E-state index contributed by atoms with van der Waals surface area (Å²) in [6.45, 7) is 0. The van der Waals surface area contributed by atoms with Crippen LogP contribution in [0.5, 0.6) is 0 Å². The van der Waals surface area contributed by atoms with Gasteiger partial charge in [-0.3, -0.25) is 0 Å². The Hall–Kier alpha value is -1.34. The summed E-state index contributed by atoms with van der Waals surface area (Å²) in [7, 11) is 0. The lowest BCUT2D eigenvalue weighted by Gasteiger charge is -2.08. The Morgan fingerprint density at radius 3 is 2.00 bits per heavy atom. The number of hydrogen-bond donors (Lipinski definition) is 0. The number of nitrogens with zero attached hydrogens (tertiary/aromatic N) is 2. The van der Waals surface area contributed by atoms with Crippen molar-refractivity contribution in [2.24, 2.45) is 0 Å². The highest BCUT2D eigenvalue weighted by Gasteiger charge is 2.38. The number of rotatable bonds is 0. The van der Waals surface area contributed by atoms with Gasteiger partial charge in [-0.1, -0.05) is 0 Å². The van der Waals surface area contributed by atoms with Crippen LogP contribution in [0.1, 0.15) is 11.4 Å². The van der Waals surface area contributed by atoms with Crippen molar-refractivity contribution in [3.8, 4) is 0 Å². The van der Waals surface area contributed by atoms with Crippen LogP contribution >= 0.6 is 0 Å². The second-order valence-corrected chi connectivity index (χ2v) is 2.21. The summed E-state index contributed by atoms with van der Waals surface area (Å²) in [6, 6.07) is 0. The summed E-state index contributed by atoms with van der Waals surface area (Å²) in [5.41, 5.74) is -3.48. The van der Waals surface area contributed by atoms with Crippen molar-refractivity contribution >= 4 is 0 Å². The fourth-order valence-electron chi connectivity index (χ4n) is 0.592. The molecular formula is C6HF6N2. The zero-order chi connectivity index (χ0) is 11.0. The van der Waals surface area contributed by atoms with Crippen LogP contribution in [0.15, 0.2) is 6.20 Å². The predicted octanol–water partition coefficient (Wildman–Crippen LogP) is 2.31. The Morgan fingerprint density at radius 2 is 1.57 bits per heavy atom. The van der Waals surface area contributed by atoms with Crippen LogP contribution in [0.2, 0.25) is 0 Å². The Balaban J connectivity index is 3.15. The third-order valence-corrected chi connectivity index (χ3v) is 1.15. The van der Waals surface area contributed by atoms with Gasteiger partial charge in [-0.15, -0.1) is 0 Å². The molecule has 0 amide bonds. The minimum atomic E-state index is -4.98. The van der Waals surface area contributed by atoms with E-state index in [1.54, 1.807) is 0 Å². The van der Waals surface area contributed by atoms with Crippen LogP contribution in [0.4, 0.5) is 26.3 Å². The maximum Gasteiger partial charge on any atom is 0.435 e. The van der Waals surface area contributed by atoms with Crippen molar-refractivity contribution in [3.05, 3.63) is 23.8 Å². The first kappa shape index (κ1) is 10.7. The fourth-order valence-corrected chi connectivity index (χ4v) is 0.592. The normalized spacial score (nSPS) is 13.0. The molecule has 0 saturated carbocycles. The smallest absolute Gasteiger partial charge is 0.250 e. The number of aromatic nitrogens is 2. The fraction of sp³-hybridized carbons (Fsp3) is 0.333. The van der Waals surface area contributed by atoms with Gasteiger partial charge in [0.15, 0.2) is 11.4 Å². The van der Waals surface area contributed by atoms with Crippen LogP contribution in [0, 0.1) is 6.20 Å². The molecule has 0 aliphatic heterocycles. The average Bonchev–Trinajstić information content (AvgIpc) is 2.01. The zero-order valence-corrected chi connectivity index (χ0v) is 6.24. The van der Waals surface area contributed by atoms with Crippen molar-refractivity contribution in [2.45, 2.75) is 12.4 Å². The van der Waals surface area contributed by atoms with Crippen molar-refractivity contribution in [1.29, 1.82) is 0 Å². The molecule has 0 spiro atoms. The van der Waals surface area contributed by atoms with E-state index in [1.165, 1.54) is 6.20 Å². The van der Waals surface area contributed by atoms with Gasteiger partial charge in [0, 0.05) is 0 Å². The zero-order valence-electron chi connectivity index (χ0n) is 6.24. The van der Waals surface area contributed by atoms with Gasteiger partial charge in [0.2, 0.25) is 0 Å². The topological polar surface area (TPSA) is 25.8 Å². The minimum Gasteiger partial charge on any atom is -0.250 e. The van der Waals surface area contributed by atoms with Crippen molar-refractivity contribution in [2.75, 3.05) is 0 Å². The summed E-state index contributed by atoms with van der Waals surface area (Å²) in [4.78, 5) is 5.04. The van der Waals surface area contributed by atoms with E-state index in [9.17, 15) is 26.3 Å². The number of hydrogen-bond acceptors (Lipinski definition) is 2. The maximum absolute atomic E-state index is 11.9. The highest BCUT2D eigenvalue weighted by Crippen LogP contribution is 2.31. The van der Waals surface area contributed by atoms with Gasteiger partial charge in [0.25, 0.3) is 0 Å². The Labute approximate surface area is 73.6 Å². The molecule has 0 unspecified atom stereocenters. The van der Waals surface area contributed by atoms with E-state index in [1.807, 2.05) is 0 Å². The van der Waals surface area contributed by atoms with E-state index in [2.05, 4.69) is 9.97 Å². The van der Waals surface area contributed by atoms with Crippen molar-refractivity contribution in [3.63, 3.8) is 0 Å². The van der Waals surface area contributed by atoms with Crippen molar-refractivity contribution in [1.82, 2.24) is 9.97 Å². The van der Waals surface area contributed by atoms with E-state index >= 15 is 0 Å². The lowest BCUT2D eigenvalue weighted by molar-refractivity contribution is -0.150. The van der Waals surface area contributed by atoms with Gasteiger partial charge < -0.3 is 0 Å². The first-order valence-electron chi connectivity index (χ1n) is 3.10. The summed E-state index contributed by atoms with van der Waals surface area (Å²) in [5.74, 6) is 0. The van der Waals surface area contributed by atoms with Gasteiger partial charge in [-0.05, 0) is 0 Å². The van der Waals surface area contributed by atoms with E-state index in [0.717, 1.165) is 0 Å². The summed E-state index contributed by atoms with van der Waals surface area (Å²) >= 11 is 0. The highest BCUT2D eigenvalue weighted by molar-refractivity contribution is 5.07. The molecule has 1 rings (SSSR count). The molecule has 77 valence electrons. The van der Waals surface area contributed by atoms with Gasteiger partial charge in [0.05, 0.1) is 6.20 Å². The molecule has 0 N–H and O–H groups in total. The van der Waals surface area contributed by atoms with E-state index in [-0.39, 0.29) is 6.20 Å². The maximum atomic E-state index is 11.9. The molecular weight excluding hydrogens is 214 g/mol. The van der Waals surface area contributed by atoms with Gasteiger partial charge in [-0.25, -0.2) is 9.97 Å². The molecule has 2 nitrogen and oxygen atoms in total. The van der Waals surface area contributed by atoms with Crippen molar-refractivity contribution < 1.29 is 26.3 Å². The Kier molecular flexibility index (Phi) is 2.38. The third-order valence-electron chi connectivity index (χ3n) is 1.15. The molecule has 1 radical (unpaired) electrons. The Morgan fingerprint density at radius 1 is 1.00 bits per heavy atom. The summed E-state index contributed by atoms with van der Waals surface area (Å²) in [5, 5.41) is 0. The molecule has 1 aromatic heterocycles. The van der Waals surface area contributed by atoms with Gasteiger partial charge >= 0.3 is 12.4 Å². The molecule has 1 heterocycles. The second kappa shape index (κ2) is 3.10. The second-order valence-electron chi connectivity index (χ2n) is 2.21. The molecule has 1 aromatic rings. The predicted molar refractivity (Wildman–Crippen MR) is 30.9 cm³/mol. The summed E-state index contributed by atoms with van der Waals surface area (Å²) in [6.07, 6.45) is -8.41. The molecule has 0 fully saturated rings. The Bertz CT molecular complexity index is 299. The number of alkyl halides is 6. The molecule has 0 aliphatic rings. The molecule has 0 aromatic carbocycles.